The van der Waals surface area contributed by atoms with Gasteiger partial charge in [0, 0.05) is 22.6 Å². The van der Waals surface area contributed by atoms with Crippen LogP contribution in [0, 0.1) is 0 Å². The molecule has 0 saturated carbocycles. The van der Waals surface area contributed by atoms with Gasteiger partial charge in [-0.2, -0.15) is 0 Å². The maximum Gasteiger partial charge on any atom is 0.106 e. The van der Waals surface area contributed by atoms with Crippen LogP contribution in [0.5, 0.6) is 0 Å². The smallest absolute Gasteiger partial charge is 0.106 e. The van der Waals surface area contributed by atoms with E-state index in [-0.39, 0.29) is 6.04 Å². The highest BCUT2D eigenvalue weighted by molar-refractivity contribution is 9.10. The fraction of sp³-hybridized carbons (Fsp3) is 0.214. The maximum absolute atomic E-state index is 6.18. The van der Waals surface area contributed by atoms with Gasteiger partial charge in [-0.05, 0) is 52.7 Å². The predicted octanol–water partition coefficient (Wildman–Crippen LogP) is 5.00. The second-order valence-electron chi connectivity index (χ2n) is 4.22. The number of pyridine rings is 1. The summed E-state index contributed by atoms with van der Waals surface area (Å²) in [6, 6.07) is 11.5. The van der Waals surface area contributed by atoms with Crippen molar-refractivity contribution in [3.63, 3.8) is 0 Å². The Bertz CT molecular complexity index is 575. The van der Waals surface area contributed by atoms with Crippen molar-refractivity contribution in [1.29, 1.82) is 0 Å². The molecule has 19 heavy (non-hydrogen) atoms. The van der Waals surface area contributed by atoms with Crippen molar-refractivity contribution in [3.8, 4) is 0 Å². The number of aromatic nitrogens is 1. The van der Waals surface area contributed by atoms with E-state index in [4.69, 9.17) is 23.2 Å². The Hall–Kier alpha value is -0.610. The summed E-state index contributed by atoms with van der Waals surface area (Å²) in [5.74, 6) is 0. The predicted molar refractivity (Wildman–Crippen MR) is 83.7 cm³/mol. The molecule has 0 fully saturated rings. The van der Waals surface area contributed by atoms with Crippen LogP contribution in [-0.2, 0) is 6.54 Å². The largest absolute Gasteiger partial charge is 0.305 e. The van der Waals surface area contributed by atoms with Gasteiger partial charge in [-0.15, -0.1) is 0 Å². The number of halogens is 3. The Labute approximate surface area is 131 Å². The van der Waals surface area contributed by atoms with Gasteiger partial charge >= 0.3 is 0 Å². The lowest BCUT2D eigenvalue weighted by molar-refractivity contribution is 0.567. The van der Waals surface area contributed by atoms with Crippen LogP contribution in [0.4, 0.5) is 0 Å². The minimum Gasteiger partial charge on any atom is -0.305 e. The molecular formula is C14H13BrCl2N2. The second kappa shape index (κ2) is 6.71. The number of nitrogens with zero attached hydrogens (tertiary/aromatic N) is 1. The summed E-state index contributed by atoms with van der Waals surface area (Å²) < 4.78 is 0.837. The van der Waals surface area contributed by atoms with Crippen LogP contribution in [0.15, 0.2) is 41.0 Å². The second-order valence-corrected chi connectivity index (χ2v) is 5.88. The molecule has 1 heterocycles. The zero-order valence-electron chi connectivity index (χ0n) is 10.3. The molecule has 1 aromatic carbocycles. The quantitative estimate of drug-likeness (QED) is 0.777. The van der Waals surface area contributed by atoms with Crippen molar-refractivity contribution < 1.29 is 0 Å². The number of hydrogen-bond acceptors (Lipinski definition) is 2. The molecule has 0 aliphatic rings. The molecule has 0 spiro atoms. The lowest BCUT2D eigenvalue weighted by atomic mass is 10.1. The average Bonchev–Trinajstić information content (AvgIpc) is 2.36. The van der Waals surface area contributed by atoms with E-state index in [0.717, 1.165) is 15.9 Å². The van der Waals surface area contributed by atoms with Crippen LogP contribution in [-0.4, -0.2) is 4.98 Å². The zero-order chi connectivity index (χ0) is 13.8. The Balaban J connectivity index is 2.03. The third-order valence-electron chi connectivity index (χ3n) is 2.79. The van der Waals surface area contributed by atoms with Crippen LogP contribution < -0.4 is 5.32 Å². The lowest BCUT2D eigenvalue weighted by Gasteiger charge is -2.15. The lowest BCUT2D eigenvalue weighted by Crippen LogP contribution is -2.19. The summed E-state index contributed by atoms with van der Waals surface area (Å²) in [5.41, 5.74) is 2.01. The van der Waals surface area contributed by atoms with Gasteiger partial charge in [0.25, 0.3) is 0 Å². The van der Waals surface area contributed by atoms with E-state index < -0.39 is 0 Å². The highest BCUT2D eigenvalue weighted by Crippen LogP contribution is 2.26. The molecule has 0 amide bonds. The molecule has 0 bridgehead atoms. The van der Waals surface area contributed by atoms with Gasteiger partial charge in [0.1, 0.15) is 4.60 Å². The Morgan fingerprint density at radius 1 is 1.26 bits per heavy atom. The first-order valence-electron chi connectivity index (χ1n) is 5.86. The minimum absolute atomic E-state index is 0.130. The Kier molecular flexibility index (Phi) is 5.22. The van der Waals surface area contributed by atoms with Gasteiger partial charge in [-0.25, -0.2) is 4.98 Å². The van der Waals surface area contributed by atoms with E-state index in [1.165, 1.54) is 0 Å². The first-order valence-corrected chi connectivity index (χ1v) is 7.41. The van der Waals surface area contributed by atoms with Gasteiger partial charge in [-0.3, -0.25) is 0 Å². The first kappa shape index (κ1) is 14.8. The normalized spacial score (nSPS) is 12.4. The fourth-order valence-corrected chi connectivity index (χ4v) is 2.72. The fourth-order valence-electron chi connectivity index (χ4n) is 1.77. The first-order chi connectivity index (χ1) is 9.06. The summed E-state index contributed by atoms with van der Waals surface area (Å²) in [7, 11) is 0. The molecule has 2 nitrogen and oxygen atoms in total. The minimum atomic E-state index is 0.130. The third kappa shape index (κ3) is 4.18. The van der Waals surface area contributed by atoms with Crippen LogP contribution in [0.3, 0.4) is 0 Å². The number of hydrogen-bond donors (Lipinski definition) is 1. The standard InChI is InChI=1S/C14H13BrCl2N2/c1-9(12-6-5-10(16)7-13(12)17)18-8-11-3-2-4-14(15)19-11/h2-7,9,18H,8H2,1H3. The topological polar surface area (TPSA) is 24.9 Å². The van der Waals surface area contributed by atoms with E-state index in [1.807, 2.05) is 30.3 Å². The number of rotatable bonds is 4. The molecular weight excluding hydrogens is 347 g/mol. The van der Waals surface area contributed by atoms with Crippen LogP contribution in [0.25, 0.3) is 0 Å². The molecule has 1 N–H and O–H groups in total. The molecule has 1 aromatic heterocycles. The van der Waals surface area contributed by atoms with Gasteiger partial charge in [0.05, 0.1) is 5.69 Å². The molecule has 5 heteroatoms. The van der Waals surface area contributed by atoms with Crippen molar-refractivity contribution in [2.75, 3.05) is 0 Å². The van der Waals surface area contributed by atoms with Crippen molar-refractivity contribution in [1.82, 2.24) is 10.3 Å². The highest BCUT2D eigenvalue weighted by Gasteiger charge is 2.09. The average molecular weight is 360 g/mol. The molecule has 2 rings (SSSR count). The van der Waals surface area contributed by atoms with Gasteiger partial charge in [0.2, 0.25) is 0 Å². The van der Waals surface area contributed by atoms with Crippen LogP contribution >= 0.6 is 39.1 Å². The van der Waals surface area contributed by atoms with Crippen LogP contribution in [0.2, 0.25) is 10.0 Å². The zero-order valence-corrected chi connectivity index (χ0v) is 13.4. The summed E-state index contributed by atoms with van der Waals surface area (Å²) in [6.07, 6.45) is 0. The van der Waals surface area contributed by atoms with E-state index >= 15 is 0 Å². The molecule has 1 unspecified atom stereocenters. The third-order valence-corrected chi connectivity index (χ3v) is 3.80. The molecule has 1 atom stereocenters. The number of nitrogens with one attached hydrogen (secondary N) is 1. The van der Waals surface area contributed by atoms with Crippen molar-refractivity contribution in [2.45, 2.75) is 19.5 Å². The summed E-state index contributed by atoms with van der Waals surface area (Å²) in [5, 5.41) is 4.72. The Morgan fingerprint density at radius 2 is 2.05 bits per heavy atom. The molecule has 0 saturated heterocycles. The molecule has 2 aromatic rings. The monoisotopic (exact) mass is 358 g/mol. The Morgan fingerprint density at radius 3 is 2.74 bits per heavy atom. The molecule has 0 aliphatic heterocycles. The SMILES string of the molecule is CC(NCc1cccc(Br)n1)c1ccc(Cl)cc1Cl. The van der Waals surface area contributed by atoms with E-state index in [2.05, 4.69) is 33.2 Å². The highest BCUT2D eigenvalue weighted by atomic mass is 79.9. The van der Waals surface area contributed by atoms with Gasteiger partial charge < -0.3 is 5.32 Å². The molecule has 100 valence electrons. The molecule has 0 radical (unpaired) electrons. The number of benzene rings is 1. The van der Waals surface area contributed by atoms with Gasteiger partial charge in [-0.1, -0.05) is 35.3 Å². The van der Waals surface area contributed by atoms with Gasteiger partial charge in [0.15, 0.2) is 0 Å². The van der Waals surface area contributed by atoms with E-state index in [1.54, 1.807) is 6.07 Å². The van der Waals surface area contributed by atoms with Crippen molar-refractivity contribution in [3.05, 3.63) is 62.3 Å². The summed E-state index contributed by atoms with van der Waals surface area (Å²) in [6.45, 7) is 2.74. The van der Waals surface area contributed by atoms with Crippen LogP contribution in [0.1, 0.15) is 24.2 Å². The van der Waals surface area contributed by atoms with Crippen molar-refractivity contribution >= 4 is 39.1 Å². The van der Waals surface area contributed by atoms with E-state index in [0.29, 0.717) is 16.6 Å². The van der Waals surface area contributed by atoms with E-state index in [9.17, 15) is 0 Å². The summed E-state index contributed by atoms with van der Waals surface area (Å²) >= 11 is 15.4. The van der Waals surface area contributed by atoms with Crippen molar-refractivity contribution in [2.24, 2.45) is 0 Å². The maximum atomic E-state index is 6.18. The molecule has 0 aliphatic carbocycles. The summed E-state index contributed by atoms with van der Waals surface area (Å²) in [4.78, 5) is 4.38.